The number of esters is 1. The molecule has 0 aliphatic carbocycles. The number of ether oxygens (including phenoxy) is 1. The average Bonchev–Trinajstić information content (AvgIpc) is 2.54. The highest BCUT2D eigenvalue weighted by atomic mass is 17.0. The molecule has 11 heteroatoms. The minimum Gasteiger partial charge on any atom is -0.464 e. The SMILES string of the molecule is CCC(C)N(C)CCOC(=O)CCCCC(CO[N+](=O)[O-])O[N+](=O)[O-]. The Balaban J connectivity index is 3.89. The van der Waals surface area contributed by atoms with Crippen molar-refractivity contribution in [1.29, 1.82) is 0 Å². The maximum Gasteiger partial charge on any atom is 0.305 e. The lowest BCUT2D eigenvalue weighted by atomic mass is 10.1. The van der Waals surface area contributed by atoms with Crippen LogP contribution in [0.5, 0.6) is 0 Å². The van der Waals surface area contributed by atoms with Crippen LogP contribution in [0.2, 0.25) is 0 Å². The van der Waals surface area contributed by atoms with Gasteiger partial charge in [-0.15, -0.1) is 20.2 Å². The number of carbonyl (C=O) groups is 1. The summed E-state index contributed by atoms with van der Waals surface area (Å²) in [6.07, 6.45) is 1.17. The third-order valence-corrected chi connectivity index (χ3v) is 3.81. The van der Waals surface area contributed by atoms with Gasteiger partial charge in [0.1, 0.15) is 19.3 Å². The zero-order valence-electron chi connectivity index (χ0n) is 14.9. The molecule has 0 rings (SSSR count). The fourth-order valence-corrected chi connectivity index (χ4v) is 1.98. The Morgan fingerprint density at radius 2 is 1.88 bits per heavy atom. The molecule has 0 saturated carbocycles. The van der Waals surface area contributed by atoms with Crippen molar-refractivity contribution < 1.29 is 29.4 Å². The summed E-state index contributed by atoms with van der Waals surface area (Å²) in [5, 5.41) is 18.4. The van der Waals surface area contributed by atoms with Crippen molar-refractivity contribution in [2.75, 3.05) is 26.8 Å². The largest absolute Gasteiger partial charge is 0.464 e. The number of hydrogen-bond acceptors (Lipinski definition) is 9. The van der Waals surface area contributed by atoms with E-state index in [0.29, 0.717) is 32.0 Å². The zero-order chi connectivity index (χ0) is 19.2. The molecule has 0 saturated heterocycles. The van der Waals surface area contributed by atoms with E-state index in [4.69, 9.17) is 4.74 Å². The smallest absolute Gasteiger partial charge is 0.305 e. The maximum absolute atomic E-state index is 11.6. The molecule has 25 heavy (non-hydrogen) atoms. The van der Waals surface area contributed by atoms with Crippen molar-refractivity contribution in [1.82, 2.24) is 4.90 Å². The fourth-order valence-electron chi connectivity index (χ4n) is 1.98. The van der Waals surface area contributed by atoms with E-state index in [-0.39, 0.29) is 18.8 Å². The van der Waals surface area contributed by atoms with Crippen molar-refractivity contribution >= 4 is 5.97 Å². The van der Waals surface area contributed by atoms with Gasteiger partial charge in [-0.05, 0) is 33.2 Å². The second-order valence-electron chi connectivity index (χ2n) is 5.67. The number of carbonyl (C=O) groups excluding carboxylic acids is 1. The van der Waals surface area contributed by atoms with Crippen LogP contribution < -0.4 is 0 Å². The standard InChI is InChI=1S/C14H27N3O8/c1-4-12(2)15(3)9-10-23-14(18)8-6-5-7-13(25-17(21)22)11-24-16(19)20/h12-13H,4-11H2,1-3H3. The Hall–Kier alpha value is -2.17. The summed E-state index contributed by atoms with van der Waals surface area (Å²) in [5.41, 5.74) is 0. The van der Waals surface area contributed by atoms with Crippen molar-refractivity contribution in [2.45, 2.75) is 58.1 Å². The van der Waals surface area contributed by atoms with E-state index < -0.39 is 22.9 Å². The molecule has 11 nitrogen and oxygen atoms in total. The molecule has 0 radical (unpaired) electrons. The normalized spacial score (nSPS) is 13.1. The summed E-state index contributed by atoms with van der Waals surface area (Å²) >= 11 is 0. The monoisotopic (exact) mass is 365 g/mol. The first-order valence-electron chi connectivity index (χ1n) is 8.20. The minimum absolute atomic E-state index is 0.166. The molecule has 0 aromatic heterocycles. The Labute approximate surface area is 146 Å². The molecule has 0 aromatic rings. The maximum atomic E-state index is 11.6. The second kappa shape index (κ2) is 13.2. The van der Waals surface area contributed by atoms with Crippen LogP contribution in [0.3, 0.4) is 0 Å². The molecule has 0 N–H and O–H groups in total. The topological polar surface area (TPSA) is 134 Å². The molecule has 0 spiro atoms. The van der Waals surface area contributed by atoms with Gasteiger partial charge in [0.25, 0.3) is 10.2 Å². The lowest BCUT2D eigenvalue weighted by Gasteiger charge is -2.22. The quantitative estimate of drug-likeness (QED) is 0.183. The summed E-state index contributed by atoms with van der Waals surface area (Å²) in [7, 11) is 1.96. The van der Waals surface area contributed by atoms with E-state index in [9.17, 15) is 25.0 Å². The van der Waals surface area contributed by atoms with E-state index in [1.807, 2.05) is 7.05 Å². The molecule has 0 aliphatic rings. The lowest BCUT2D eigenvalue weighted by Crippen LogP contribution is -2.32. The zero-order valence-corrected chi connectivity index (χ0v) is 14.9. The van der Waals surface area contributed by atoms with Gasteiger partial charge >= 0.3 is 5.97 Å². The molecule has 0 aliphatic heterocycles. The highest BCUT2D eigenvalue weighted by Crippen LogP contribution is 2.09. The molecular formula is C14H27N3O8. The Morgan fingerprint density at radius 3 is 2.44 bits per heavy atom. The van der Waals surface area contributed by atoms with E-state index in [2.05, 4.69) is 28.4 Å². The Kier molecular flexibility index (Phi) is 12.0. The van der Waals surface area contributed by atoms with Gasteiger partial charge in [-0.25, -0.2) is 0 Å². The molecule has 2 unspecified atom stereocenters. The summed E-state index contributed by atoms with van der Waals surface area (Å²) in [4.78, 5) is 42.5. The van der Waals surface area contributed by atoms with E-state index >= 15 is 0 Å². The number of hydrogen-bond donors (Lipinski definition) is 0. The Morgan fingerprint density at radius 1 is 1.20 bits per heavy atom. The first-order valence-corrected chi connectivity index (χ1v) is 8.20. The van der Waals surface area contributed by atoms with Crippen LogP contribution in [0.4, 0.5) is 0 Å². The molecule has 0 amide bonds. The molecule has 146 valence electrons. The molecule has 0 bridgehead atoms. The van der Waals surface area contributed by atoms with Gasteiger partial charge in [-0.3, -0.25) is 4.79 Å². The molecular weight excluding hydrogens is 338 g/mol. The van der Waals surface area contributed by atoms with Crippen molar-refractivity contribution in [3.05, 3.63) is 20.2 Å². The second-order valence-corrected chi connectivity index (χ2v) is 5.67. The first-order chi connectivity index (χ1) is 11.8. The molecule has 0 fully saturated rings. The Bertz CT molecular complexity index is 421. The van der Waals surface area contributed by atoms with E-state index in [1.165, 1.54) is 0 Å². The summed E-state index contributed by atoms with van der Waals surface area (Å²) in [6.45, 7) is 4.61. The minimum atomic E-state index is -1.04. The van der Waals surface area contributed by atoms with Crippen molar-refractivity contribution in [3.8, 4) is 0 Å². The number of likely N-dealkylation sites (N-methyl/N-ethyl adjacent to an activating group) is 1. The van der Waals surface area contributed by atoms with Gasteiger partial charge in [0.2, 0.25) is 0 Å². The summed E-state index contributed by atoms with van der Waals surface area (Å²) in [6, 6.07) is 0.415. The lowest BCUT2D eigenvalue weighted by molar-refractivity contribution is -0.790. The van der Waals surface area contributed by atoms with Crippen molar-refractivity contribution in [3.63, 3.8) is 0 Å². The van der Waals surface area contributed by atoms with Gasteiger partial charge in [-0.2, -0.15) is 0 Å². The molecule has 2 atom stereocenters. The van der Waals surface area contributed by atoms with Gasteiger partial charge in [-0.1, -0.05) is 13.3 Å². The van der Waals surface area contributed by atoms with Crippen molar-refractivity contribution in [2.24, 2.45) is 0 Å². The first kappa shape index (κ1) is 22.8. The number of rotatable bonds is 15. The van der Waals surface area contributed by atoms with Gasteiger partial charge in [0, 0.05) is 19.0 Å². The summed E-state index contributed by atoms with van der Waals surface area (Å²) in [5.74, 6) is -0.342. The highest BCUT2D eigenvalue weighted by Gasteiger charge is 2.16. The van der Waals surface area contributed by atoms with Gasteiger partial charge in [0.15, 0.2) is 0 Å². The van der Waals surface area contributed by atoms with Crippen LogP contribution >= 0.6 is 0 Å². The third-order valence-electron chi connectivity index (χ3n) is 3.81. The predicted molar refractivity (Wildman–Crippen MR) is 86.6 cm³/mol. The molecule has 0 heterocycles. The average molecular weight is 365 g/mol. The van der Waals surface area contributed by atoms with Gasteiger partial charge < -0.3 is 19.3 Å². The van der Waals surface area contributed by atoms with Crippen LogP contribution in [0.15, 0.2) is 0 Å². The summed E-state index contributed by atoms with van der Waals surface area (Å²) < 4.78 is 5.12. The number of nitrogens with zero attached hydrogens (tertiary/aromatic N) is 3. The van der Waals surface area contributed by atoms with E-state index in [0.717, 1.165) is 6.42 Å². The van der Waals surface area contributed by atoms with Crippen LogP contribution in [-0.4, -0.2) is 60.0 Å². The fraction of sp³-hybridized carbons (Fsp3) is 0.929. The van der Waals surface area contributed by atoms with Crippen LogP contribution in [0.1, 0.15) is 46.0 Å². The van der Waals surface area contributed by atoms with Gasteiger partial charge in [0.05, 0.1) is 0 Å². The number of unbranched alkanes of at least 4 members (excludes halogenated alkanes) is 1. The van der Waals surface area contributed by atoms with Crippen LogP contribution in [-0.2, 0) is 19.2 Å². The molecule has 0 aromatic carbocycles. The van der Waals surface area contributed by atoms with E-state index in [1.54, 1.807) is 0 Å². The highest BCUT2D eigenvalue weighted by molar-refractivity contribution is 5.69. The van der Waals surface area contributed by atoms with Crippen LogP contribution in [0, 0.1) is 20.2 Å². The van der Waals surface area contributed by atoms with Crippen LogP contribution in [0.25, 0.3) is 0 Å². The third kappa shape index (κ3) is 12.9. The predicted octanol–water partition coefficient (Wildman–Crippen LogP) is 1.61.